The fourth-order valence-electron chi connectivity index (χ4n) is 3.35. The van der Waals surface area contributed by atoms with Crippen molar-refractivity contribution in [1.29, 1.82) is 0 Å². The summed E-state index contributed by atoms with van der Waals surface area (Å²) in [6.07, 6.45) is 6.61. The monoisotopic (exact) mass is 238 g/mol. The van der Waals surface area contributed by atoms with Gasteiger partial charge in [0.25, 0.3) is 0 Å². The first-order valence-electron chi connectivity index (χ1n) is 7.06. The molecular weight excluding hydrogens is 212 g/mol. The van der Waals surface area contributed by atoms with Crippen LogP contribution < -0.4 is 10.6 Å². The van der Waals surface area contributed by atoms with Crippen molar-refractivity contribution in [1.82, 2.24) is 10.6 Å². The van der Waals surface area contributed by atoms with E-state index in [1.165, 1.54) is 12.8 Å². The quantitative estimate of drug-likeness (QED) is 0.791. The summed E-state index contributed by atoms with van der Waals surface area (Å²) in [5.74, 6) is 0.234. The number of carbonyl (C=O) groups is 1. The Morgan fingerprint density at radius 2 is 2.12 bits per heavy atom. The first kappa shape index (κ1) is 12.9. The maximum absolute atomic E-state index is 12.5. The molecule has 2 N–H and O–H groups in total. The minimum atomic E-state index is -0.279. The minimum absolute atomic E-state index is 0.234. The van der Waals surface area contributed by atoms with Gasteiger partial charge in [0.05, 0.1) is 5.54 Å². The Bertz CT molecular complexity index is 293. The Morgan fingerprint density at radius 3 is 2.59 bits per heavy atom. The number of carbonyl (C=O) groups excluding carboxylic acids is 1. The van der Waals surface area contributed by atoms with E-state index in [0.29, 0.717) is 6.04 Å². The predicted octanol–water partition coefficient (Wildman–Crippen LogP) is 2.21. The van der Waals surface area contributed by atoms with Crippen LogP contribution in [0, 0.1) is 5.41 Å². The fourth-order valence-corrected chi connectivity index (χ4v) is 3.35. The van der Waals surface area contributed by atoms with E-state index in [1.807, 2.05) is 0 Å². The van der Waals surface area contributed by atoms with Crippen molar-refractivity contribution in [3.8, 4) is 0 Å². The van der Waals surface area contributed by atoms with Crippen LogP contribution in [0.15, 0.2) is 0 Å². The SMILES string of the molecule is CCC1(C(=O)NC2CCCC2(C)C)CCCN1. The molecule has 0 radical (unpaired) electrons. The van der Waals surface area contributed by atoms with E-state index in [9.17, 15) is 4.79 Å². The van der Waals surface area contributed by atoms with Crippen LogP contribution >= 0.6 is 0 Å². The molecular formula is C14H26N2O. The van der Waals surface area contributed by atoms with E-state index < -0.39 is 0 Å². The molecule has 0 bridgehead atoms. The molecule has 1 amide bonds. The second-order valence-electron chi connectivity index (χ2n) is 6.37. The third-order valence-electron chi connectivity index (χ3n) is 4.84. The number of nitrogens with one attached hydrogen (secondary N) is 2. The van der Waals surface area contributed by atoms with Gasteiger partial charge in [-0.15, -0.1) is 0 Å². The van der Waals surface area contributed by atoms with Crippen LogP contribution in [0.4, 0.5) is 0 Å². The molecule has 0 aromatic carbocycles. The molecule has 1 aliphatic carbocycles. The summed E-state index contributed by atoms with van der Waals surface area (Å²) in [5.41, 5.74) is -0.0120. The predicted molar refractivity (Wildman–Crippen MR) is 69.8 cm³/mol. The van der Waals surface area contributed by atoms with E-state index in [-0.39, 0.29) is 16.9 Å². The van der Waals surface area contributed by atoms with Gasteiger partial charge in [0.2, 0.25) is 5.91 Å². The zero-order chi connectivity index (χ0) is 12.5. The topological polar surface area (TPSA) is 41.1 Å². The van der Waals surface area contributed by atoms with Crippen molar-refractivity contribution in [2.75, 3.05) is 6.54 Å². The summed E-state index contributed by atoms with van der Waals surface area (Å²) in [4.78, 5) is 12.5. The van der Waals surface area contributed by atoms with Crippen molar-refractivity contribution >= 4 is 5.91 Å². The van der Waals surface area contributed by atoms with Gasteiger partial charge in [-0.3, -0.25) is 4.79 Å². The highest BCUT2D eigenvalue weighted by molar-refractivity contribution is 5.87. The molecule has 98 valence electrons. The van der Waals surface area contributed by atoms with Gasteiger partial charge in [0.1, 0.15) is 0 Å². The van der Waals surface area contributed by atoms with Crippen LogP contribution in [0.5, 0.6) is 0 Å². The Morgan fingerprint density at radius 1 is 1.35 bits per heavy atom. The molecule has 2 aliphatic rings. The standard InChI is InChI=1S/C14H26N2O/c1-4-14(9-6-10-15-14)12(17)16-11-7-5-8-13(11,2)3/h11,15H,4-10H2,1-3H3,(H,16,17). The van der Waals surface area contributed by atoms with Gasteiger partial charge in [-0.1, -0.05) is 27.2 Å². The van der Waals surface area contributed by atoms with Gasteiger partial charge in [0, 0.05) is 6.04 Å². The van der Waals surface area contributed by atoms with Gasteiger partial charge < -0.3 is 10.6 Å². The third-order valence-corrected chi connectivity index (χ3v) is 4.84. The summed E-state index contributed by atoms with van der Waals surface area (Å²) < 4.78 is 0. The van der Waals surface area contributed by atoms with Crippen molar-refractivity contribution in [3.63, 3.8) is 0 Å². The van der Waals surface area contributed by atoms with Crippen molar-refractivity contribution in [2.45, 2.75) is 70.9 Å². The Balaban J connectivity index is 2.01. The molecule has 2 fully saturated rings. The van der Waals surface area contributed by atoms with E-state index in [4.69, 9.17) is 0 Å². The zero-order valence-corrected chi connectivity index (χ0v) is 11.4. The van der Waals surface area contributed by atoms with Gasteiger partial charge in [0.15, 0.2) is 0 Å². The fraction of sp³-hybridized carbons (Fsp3) is 0.929. The molecule has 2 atom stereocenters. The second kappa shape index (κ2) is 4.60. The summed E-state index contributed by atoms with van der Waals surface area (Å²) >= 11 is 0. The lowest BCUT2D eigenvalue weighted by molar-refractivity contribution is -0.128. The van der Waals surface area contributed by atoms with Crippen LogP contribution in [-0.2, 0) is 4.79 Å². The highest BCUT2D eigenvalue weighted by Gasteiger charge is 2.43. The normalized spacial score (nSPS) is 36.1. The minimum Gasteiger partial charge on any atom is -0.351 e. The summed E-state index contributed by atoms with van der Waals surface area (Å²) in [6.45, 7) is 7.63. The van der Waals surface area contributed by atoms with Crippen molar-refractivity contribution < 1.29 is 4.79 Å². The maximum atomic E-state index is 12.5. The molecule has 0 spiro atoms. The smallest absolute Gasteiger partial charge is 0.240 e. The first-order valence-corrected chi connectivity index (χ1v) is 7.06. The number of amides is 1. The molecule has 2 unspecified atom stereocenters. The Hall–Kier alpha value is -0.570. The molecule has 1 heterocycles. The molecule has 1 saturated heterocycles. The number of rotatable bonds is 3. The zero-order valence-electron chi connectivity index (χ0n) is 11.4. The van der Waals surface area contributed by atoms with Crippen LogP contribution in [0.3, 0.4) is 0 Å². The van der Waals surface area contributed by atoms with E-state index >= 15 is 0 Å². The van der Waals surface area contributed by atoms with Crippen LogP contribution in [0.2, 0.25) is 0 Å². The maximum Gasteiger partial charge on any atom is 0.240 e. The largest absolute Gasteiger partial charge is 0.351 e. The van der Waals surface area contributed by atoms with Gasteiger partial charge in [-0.25, -0.2) is 0 Å². The summed E-state index contributed by atoms with van der Waals surface area (Å²) in [7, 11) is 0. The van der Waals surface area contributed by atoms with Crippen LogP contribution in [-0.4, -0.2) is 24.0 Å². The highest BCUT2D eigenvalue weighted by atomic mass is 16.2. The highest BCUT2D eigenvalue weighted by Crippen LogP contribution is 2.37. The molecule has 2 rings (SSSR count). The molecule has 0 aromatic heterocycles. The Labute approximate surface area is 105 Å². The summed E-state index contributed by atoms with van der Waals surface area (Å²) in [5, 5.41) is 6.71. The Kier molecular flexibility index (Phi) is 3.48. The average Bonchev–Trinajstić information content (AvgIpc) is 2.87. The first-order chi connectivity index (χ1) is 8.00. The lowest BCUT2D eigenvalue weighted by Gasteiger charge is -2.33. The van der Waals surface area contributed by atoms with Gasteiger partial charge >= 0.3 is 0 Å². The van der Waals surface area contributed by atoms with Gasteiger partial charge in [-0.2, -0.15) is 0 Å². The molecule has 3 heteroatoms. The van der Waals surface area contributed by atoms with Crippen LogP contribution in [0.1, 0.15) is 59.3 Å². The summed E-state index contributed by atoms with van der Waals surface area (Å²) in [6, 6.07) is 0.362. The van der Waals surface area contributed by atoms with E-state index in [1.54, 1.807) is 0 Å². The van der Waals surface area contributed by atoms with Crippen molar-refractivity contribution in [3.05, 3.63) is 0 Å². The van der Waals surface area contributed by atoms with E-state index in [2.05, 4.69) is 31.4 Å². The molecule has 0 aromatic rings. The molecule has 17 heavy (non-hydrogen) atoms. The number of hydrogen-bond acceptors (Lipinski definition) is 2. The lowest BCUT2D eigenvalue weighted by atomic mass is 9.86. The third kappa shape index (κ3) is 2.35. The molecule has 3 nitrogen and oxygen atoms in total. The second-order valence-corrected chi connectivity index (χ2v) is 6.37. The van der Waals surface area contributed by atoms with E-state index in [0.717, 1.165) is 32.2 Å². The number of hydrogen-bond donors (Lipinski definition) is 2. The average molecular weight is 238 g/mol. The van der Waals surface area contributed by atoms with Crippen LogP contribution in [0.25, 0.3) is 0 Å². The molecule has 1 saturated carbocycles. The van der Waals surface area contributed by atoms with Crippen molar-refractivity contribution in [2.24, 2.45) is 5.41 Å². The lowest BCUT2D eigenvalue weighted by Crippen LogP contribution is -2.56. The van der Waals surface area contributed by atoms with Gasteiger partial charge in [-0.05, 0) is 44.1 Å². The molecule has 1 aliphatic heterocycles.